The lowest BCUT2D eigenvalue weighted by molar-refractivity contribution is 0.112. The molecule has 2 aromatic heterocycles. The predicted molar refractivity (Wildman–Crippen MR) is 98.0 cm³/mol. The summed E-state index contributed by atoms with van der Waals surface area (Å²) < 4.78 is 43.3. The van der Waals surface area contributed by atoms with Gasteiger partial charge in [0.15, 0.2) is 17.3 Å². The minimum Gasteiger partial charge on any atom is -0.393 e. The number of anilines is 3. The number of hydrogen-bond acceptors (Lipinski definition) is 6. The summed E-state index contributed by atoms with van der Waals surface area (Å²) in [6.07, 6.45) is 3.69. The molecule has 3 aromatic rings. The zero-order valence-electron chi connectivity index (χ0n) is 15.1. The summed E-state index contributed by atoms with van der Waals surface area (Å²) in [7, 11) is 1.68. The van der Waals surface area contributed by atoms with E-state index in [2.05, 4.69) is 25.6 Å². The zero-order valence-corrected chi connectivity index (χ0v) is 15.1. The molecular weight excluding hydrogens is 373 g/mol. The van der Waals surface area contributed by atoms with Crippen LogP contribution in [0.3, 0.4) is 0 Å². The van der Waals surface area contributed by atoms with Crippen LogP contribution in [0, 0.1) is 17.5 Å². The van der Waals surface area contributed by atoms with E-state index in [0.29, 0.717) is 54.9 Å². The van der Waals surface area contributed by atoms with Gasteiger partial charge >= 0.3 is 0 Å². The van der Waals surface area contributed by atoms with E-state index in [1.54, 1.807) is 11.6 Å². The number of benzene rings is 1. The van der Waals surface area contributed by atoms with Gasteiger partial charge in [-0.05, 0) is 25.7 Å². The Morgan fingerprint density at radius 2 is 1.75 bits per heavy atom. The summed E-state index contributed by atoms with van der Waals surface area (Å²) >= 11 is 0. The first-order valence-corrected chi connectivity index (χ1v) is 8.98. The molecule has 10 heteroatoms. The second-order valence-corrected chi connectivity index (χ2v) is 6.79. The molecule has 28 heavy (non-hydrogen) atoms. The van der Waals surface area contributed by atoms with Crippen molar-refractivity contribution >= 4 is 28.7 Å². The third kappa shape index (κ3) is 3.35. The van der Waals surface area contributed by atoms with Crippen molar-refractivity contribution in [1.29, 1.82) is 0 Å². The molecule has 2 heterocycles. The Kier molecular flexibility index (Phi) is 4.80. The summed E-state index contributed by atoms with van der Waals surface area (Å²) in [5, 5.41) is 15.3. The maximum Gasteiger partial charge on any atom is 0.224 e. The topological polar surface area (TPSA) is 87.9 Å². The number of hydrogen-bond donors (Lipinski definition) is 3. The summed E-state index contributed by atoms with van der Waals surface area (Å²) in [4.78, 5) is 13.0. The number of aromatic nitrogens is 4. The highest BCUT2D eigenvalue weighted by Crippen LogP contribution is 2.35. The number of halogens is 3. The standard InChI is InChI=1S/C18H19F3N6O/c1-22-17-23-8-14-16(26-17)27(10-2-4-11(28)5-3-10)18(24-14)25-15-12(20)6-9(19)7-13(15)21/h6-8,10-11,28H,2-5H2,1H3,(H,24,25)(H,22,23,26)/t10-,11+. The number of aliphatic hydroxyl groups excluding tert-OH is 1. The second-order valence-electron chi connectivity index (χ2n) is 6.79. The number of aliphatic hydroxyl groups is 1. The summed E-state index contributed by atoms with van der Waals surface area (Å²) in [6, 6.07) is 1.14. The fourth-order valence-corrected chi connectivity index (χ4v) is 3.54. The monoisotopic (exact) mass is 392 g/mol. The van der Waals surface area contributed by atoms with Crippen LogP contribution in [-0.2, 0) is 0 Å². The van der Waals surface area contributed by atoms with Gasteiger partial charge in [0.25, 0.3) is 0 Å². The van der Waals surface area contributed by atoms with E-state index in [-0.39, 0.29) is 18.1 Å². The molecule has 0 atom stereocenters. The molecule has 1 aliphatic carbocycles. The Balaban J connectivity index is 1.82. The quantitative estimate of drug-likeness (QED) is 0.630. The highest BCUT2D eigenvalue weighted by atomic mass is 19.1. The largest absolute Gasteiger partial charge is 0.393 e. The van der Waals surface area contributed by atoms with E-state index < -0.39 is 23.1 Å². The average molecular weight is 392 g/mol. The van der Waals surface area contributed by atoms with Crippen LogP contribution >= 0.6 is 0 Å². The first kappa shape index (κ1) is 18.5. The maximum absolute atomic E-state index is 14.1. The minimum absolute atomic E-state index is 0.0675. The first-order chi connectivity index (χ1) is 13.5. The highest BCUT2D eigenvalue weighted by Gasteiger charge is 2.27. The summed E-state index contributed by atoms with van der Waals surface area (Å²) in [5.41, 5.74) is 0.470. The van der Waals surface area contributed by atoms with Gasteiger partial charge in [-0.15, -0.1) is 0 Å². The third-order valence-electron chi connectivity index (χ3n) is 4.93. The average Bonchev–Trinajstić information content (AvgIpc) is 3.02. The SMILES string of the molecule is CNc1ncc2nc(Nc3c(F)cc(F)cc3F)n([C@H]3CC[C@@H](O)CC3)c2n1. The van der Waals surface area contributed by atoms with Crippen LogP contribution in [-0.4, -0.2) is 37.8 Å². The van der Waals surface area contributed by atoms with Crippen molar-refractivity contribution in [3.63, 3.8) is 0 Å². The lowest BCUT2D eigenvalue weighted by Crippen LogP contribution is -2.22. The van der Waals surface area contributed by atoms with Gasteiger partial charge in [-0.3, -0.25) is 4.57 Å². The van der Waals surface area contributed by atoms with Gasteiger partial charge in [-0.2, -0.15) is 4.98 Å². The van der Waals surface area contributed by atoms with Gasteiger partial charge in [0.05, 0.1) is 12.3 Å². The smallest absolute Gasteiger partial charge is 0.224 e. The molecule has 0 radical (unpaired) electrons. The molecule has 0 spiro atoms. The van der Waals surface area contributed by atoms with Crippen molar-refractivity contribution in [3.8, 4) is 0 Å². The molecule has 7 nitrogen and oxygen atoms in total. The molecule has 1 fully saturated rings. The summed E-state index contributed by atoms with van der Waals surface area (Å²) in [5.74, 6) is -2.55. The zero-order chi connectivity index (χ0) is 19.8. The number of rotatable bonds is 4. The van der Waals surface area contributed by atoms with Crippen molar-refractivity contribution in [1.82, 2.24) is 19.5 Å². The molecule has 0 amide bonds. The van der Waals surface area contributed by atoms with E-state index in [1.165, 1.54) is 6.20 Å². The van der Waals surface area contributed by atoms with Crippen LogP contribution in [0.25, 0.3) is 11.2 Å². The van der Waals surface area contributed by atoms with Crippen molar-refractivity contribution in [3.05, 3.63) is 35.8 Å². The van der Waals surface area contributed by atoms with E-state index >= 15 is 0 Å². The Morgan fingerprint density at radius 3 is 2.39 bits per heavy atom. The normalized spacial score (nSPS) is 19.8. The number of nitrogens with one attached hydrogen (secondary N) is 2. The van der Waals surface area contributed by atoms with Gasteiger partial charge in [0.1, 0.15) is 17.0 Å². The van der Waals surface area contributed by atoms with Gasteiger partial charge in [0.2, 0.25) is 11.9 Å². The van der Waals surface area contributed by atoms with Gasteiger partial charge in [0, 0.05) is 25.2 Å². The summed E-state index contributed by atoms with van der Waals surface area (Å²) in [6.45, 7) is 0. The van der Waals surface area contributed by atoms with E-state index in [1.807, 2.05) is 0 Å². The second kappa shape index (κ2) is 7.27. The molecule has 0 bridgehead atoms. The molecule has 1 aliphatic rings. The molecule has 4 rings (SSSR count). The van der Waals surface area contributed by atoms with Gasteiger partial charge in [-0.1, -0.05) is 0 Å². The molecule has 3 N–H and O–H groups in total. The fourth-order valence-electron chi connectivity index (χ4n) is 3.54. The van der Waals surface area contributed by atoms with Crippen LogP contribution in [0.2, 0.25) is 0 Å². The van der Waals surface area contributed by atoms with E-state index in [9.17, 15) is 18.3 Å². The Labute approximate surface area is 158 Å². The third-order valence-corrected chi connectivity index (χ3v) is 4.93. The molecule has 148 valence electrons. The molecule has 0 saturated heterocycles. The first-order valence-electron chi connectivity index (χ1n) is 8.98. The van der Waals surface area contributed by atoms with Crippen LogP contribution in [0.1, 0.15) is 31.7 Å². The van der Waals surface area contributed by atoms with E-state index in [4.69, 9.17) is 0 Å². The highest BCUT2D eigenvalue weighted by molar-refractivity contribution is 5.76. The number of imidazole rings is 1. The lowest BCUT2D eigenvalue weighted by atomic mass is 9.93. The fraction of sp³-hybridized carbons (Fsp3) is 0.389. The van der Waals surface area contributed by atoms with Gasteiger partial charge in [-0.25, -0.2) is 23.1 Å². The van der Waals surface area contributed by atoms with Crippen molar-refractivity contribution in [2.45, 2.75) is 37.8 Å². The maximum atomic E-state index is 14.1. The molecule has 1 saturated carbocycles. The number of nitrogens with zero attached hydrogens (tertiary/aromatic N) is 4. The van der Waals surface area contributed by atoms with Crippen LogP contribution in [0.15, 0.2) is 18.3 Å². The Hall–Kier alpha value is -2.88. The minimum atomic E-state index is -1.06. The number of fused-ring (bicyclic) bond motifs is 1. The van der Waals surface area contributed by atoms with Crippen molar-refractivity contribution in [2.75, 3.05) is 17.7 Å². The Morgan fingerprint density at radius 1 is 1.07 bits per heavy atom. The molecule has 0 unspecified atom stereocenters. The van der Waals surface area contributed by atoms with Crippen LogP contribution < -0.4 is 10.6 Å². The molecule has 1 aromatic carbocycles. The molecular formula is C18H19F3N6O. The van der Waals surface area contributed by atoms with Crippen LogP contribution in [0.5, 0.6) is 0 Å². The van der Waals surface area contributed by atoms with E-state index in [0.717, 1.165) is 0 Å². The van der Waals surface area contributed by atoms with Gasteiger partial charge < -0.3 is 15.7 Å². The Bertz CT molecular complexity index is 993. The van der Waals surface area contributed by atoms with Crippen molar-refractivity contribution in [2.24, 2.45) is 0 Å². The lowest BCUT2D eigenvalue weighted by Gasteiger charge is -2.28. The van der Waals surface area contributed by atoms with Crippen LogP contribution in [0.4, 0.5) is 30.8 Å². The molecule has 0 aliphatic heterocycles. The van der Waals surface area contributed by atoms with Crippen molar-refractivity contribution < 1.29 is 18.3 Å². The predicted octanol–water partition coefficient (Wildman–Crippen LogP) is 3.50.